The van der Waals surface area contributed by atoms with Crippen molar-refractivity contribution in [3.8, 4) is 5.75 Å². The van der Waals surface area contributed by atoms with Crippen molar-refractivity contribution in [2.45, 2.75) is 62.6 Å². The fraction of sp³-hybridized carbons (Fsp3) is 0.438. The molecule has 0 saturated carbocycles. The monoisotopic (exact) mass is 650 g/mol. The van der Waals surface area contributed by atoms with E-state index in [0.29, 0.717) is 48.4 Å². The fourth-order valence-electron chi connectivity index (χ4n) is 5.74. The molecule has 1 amide bonds. The lowest BCUT2D eigenvalue weighted by Gasteiger charge is -2.34. The van der Waals surface area contributed by atoms with Crippen LogP contribution in [0.15, 0.2) is 53.6 Å². The number of aromatic nitrogens is 4. The first-order chi connectivity index (χ1) is 22.0. The number of likely N-dealkylation sites (tertiary alicyclic amines) is 1. The highest BCUT2D eigenvalue weighted by molar-refractivity contribution is 7.92. The van der Waals surface area contributed by atoms with Crippen LogP contribution in [-0.4, -0.2) is 88.6 Å². The maximum absolute atomic E-state index is 13.1. The smallest absolute Gasteiger partial charge is 0.239 e. The number of para-hydroxylation sites is 1. The SMILES string of the molecule is COc1cc(C2CCN(C(=O)[C@H](C)NCCO)CC2)c(C)cc1Nc1nc(Nc2ccccc2S(=O)(=O)C(C)C)n2nccc2n1. The fourth-order valence-corrected chi connectivity index (χ4v) is 6.94. The predicted molar refractivity (Wildman–Crippen MR) is 177 cm³/mol. The van der Waals surface area contributed by atoms with E-state index in [9.17, 15) is 13.2 Å². The van der Waals surface area contributed by atoms with E-state index in [1.54, 1.807) is 57.5 Å². The van der Waals surface area contributed by atoms with Gasteiger partial charge in [0.1, 0.15) is 5.75 Å². The molecule has 1 aliphatic rings. The Hall–Kier alpha value is -4.27. The molecule has 0 bridgehead atoms. The third kappa shape index (κ3) is 6.93. The van der Waals surface area contributed by atoms with Crippen molar-refractivity contribution in [1.82, 2.24) is 29.8 Å². The van der Waals surface area contributed by atoms with Crippen LogP contribution in [0.3, 0.4) is 0 Å². The molecule has 246 valence electrons. The van der Waals surface area contributed by atoms with Crippen LogP contribution < -0.4 is 20.7 Å². The first kappa shape index (κ1) is 33.1. The summed E-state index contributed by atoms with van der Waals surface area (Å²) in [5.74, 6) is 1.51. The predicted octanol–water partition coefficient (Wildman–Crippen LogP) is 3.79. The lowest BCUT2D eigenvalue weighted by atomic mass is 9.86. The number of piperidine rings is 1. The number of nitrogens with zero attached hydrogens (tertiary/aromatic N) is 5. The molecule has 2 aromatic heterocycles. The van der Waals surface area contributed by atoms with E-state index in [-0.39, 0.29) is 35.3 Å². The molecule has 2 aromatic carbocycles. The Bertz CT molecular complexity index is 1800. The molecule has 1 fully saturated rings. The molecule has 0 spiro atoms. The molecule has 0 aliphatic carbocycles. The number of amides is 1. The molecule has 13 nitrogen and oxygen atoms in total. The Morgan fingerprint density at radius 2 is 1.80 bits per heavy atom. The third-order valence-corrected chi connectivity index (χ3v) is 10.5. The van der Waals surface area contributed by atoms with Crippen LogP contribution in [0.25, 0.3) is 5.65 Å². The number of benzene rings is 2. The summed E-state index contributed by atoms with van der Waals surface area (Å²) in [5.41, 5.74) is 3.82. The summed E-state index contributed by atoms with van der Waals surface area (Å²) in [5, 5.41) is 22.3. The van der Waals surface area contributed by atoms with Crippen molar-refractivity contribution in [3.63, 3.8) is 0 Å². The van der Waals surface area contributed by atoms with Crippen LogP contribution in [-0.2, 0) is 14.6 Å². The number of anilines is 4. The summed E-state index contributed by atoms with van der Waals surface area (Å²) in [7, 11) is -1.95. The first-order valence-corrected chi connectivity index (χ1v) is 17.0. The third-order valence-electron chi connectivity index (χ3n) is 8.33. The highest BCUT2D eigenvalue weighted by Crippen LogP contribution is 2.38. The largest absolute Gasteiger partial charge is 0.495 e. The summed E-state index contributed by atoms with van der Waals surface area (Å²) in [6.45, 7) is 8.88. The minimum atomic E-state index is -3.57. The number of rotatable bonds is 12. The highest BCUT2D eigenvalue weighted by atomic mass is 32.2. The zero-order valence-corrected chi connectivity index (χ0v) is 27.6. The van der Waals surface area contributed by atoms with E-state index in [4.69, 9.17) is 9.84 Å². The minimum Gasteiger partial charge on any atom is -0.495 e. The number of sulfone groups is 1. The number of carbonyl (C=O) groups excluding carboxylic acids is 1. The molecule has 5 rings (SSSR count). The van der Waals surface area contributed by atoms with Crippen LogP contribution in [0, 0.1) is 6.92 Å². The zero-order chi connectivity index (χ0) is 33.0. The van der Waals surface area contributed by atoms with Crippen LogP contribution in [0.1, 0.15) is 50.7 Å². The lowest BCUT2D eigenvalue weighted by molar-refractivity contribution is -0.134. The minimum absolute atomic E-state index is 0.00643. The van der Waals surface area contributed by atoms with Crippen molar-refractivity contribution in [2.24, 2.45) is 0 Å². The summed E-state index contributed by atoms with van der Waals surface area (Å²) in [6.07, 6.45) is 3.26. The first-order valence-electron chi connectivity index (χ1n) is 15.4. The normalized spacial score (nSPS) is 14.9. The van der Waals surface area contributed by atoms with E-state index in [1.165, 1.54) is 10.1 Å². The summed E-state index contributed by atoms with van der Waals surface area (Å²) in [6, 6.07) is 12.2. The van der Waals surface area contributed by atoms with Crippen LogP contribution in [0.2, 0.25) is 0 Å². The lowest BCUT2D eigenvalue weighted by Crippen LogP contribution is -2.48. The molecule has 1 saturated heterocycles. The van der Waals surface area contributed by atoms with Crippen molar-refractivity contribution in [1.29, 1.82) is 0 Å². The molecule has 4 N–H and O–H groups in total. The Morgan fingerprint density at radius 1 is 1.07 bits per heavy atom. The molecule has 3 heterocycles. The van der Waals surface area contributed by atoms with Crippen molar-refractivity contribution >= 4 is 44.7 Å². The molecule has 0 unspecified atom stereocenters. The molecule has 14 heteroatoms. The van der Waals surface area contributed by atoms with E-state index in [1.807, 2.05) is 24.0 Å². The Kier molecular flexibility index (Phi) is 10.1. The zero-order valence-electron chi connectivity index (χ0n) is 26.8. The molecule has 0 radical (unpaired) electrons. The van der Waals surface area contributed by atoms with E-state index in [0.717, 1.165) is 18.4 Å². The second-order valence-corrected chi connectivity index (χ2v) is 14.2. The summed E-state index contributed by atoms with van der Waals surface area (Å²) < 4.78 is 33.4. The number of methoxy groups -OCH3 is 1. The van der Waals surface area contributed by atoms with Gasteiger partial charge in [0.15, 0.2) is 15.5 Å². The van der Waals surface area contributed by atoms with Crippen molar-refractivity contribution < 1.29 is 23.1 Å². The van der Waals surface area contributed by atoms with Gasteiger partial charge in [-0.05, 0) is 81.8 Å². The molecule has 4 aromatic rings. The number of hydrogen-bond donors (Lipinski definition) is 4. The number of aryl methyl sites for hydroxylation is 1. The number of aliphatic hydroxyl groups excluding tert-OH is 1. The van der Waals surface area contributed by atoms with Crippen LogP contribution in [0.4, 0.5) is 23.3 Å². The second-order valence-electron chi connectivity index (χ2n) is 11.7. The molecular formula is C32H42N8O5S. The van der Waals surface area contributed by atoms with E-state index in [2.05, 4.69) is 37.9 Å². The molecule has 1 atom stereocenters. The molecule has 1 aliphatic heterocycles. The van der Waals surface area contributed by atoms with Gasteiger partial charge in [-0.25, -0.2) is 8.42 Å². The van der Waals surface area contributed by atoms with Gasteiger partial charge >= 0.3 is 0 Å². The number of ether oxygens (including phenoxy) is 1. The average molecular weight is 651 g/mol. The van der Waals surface area contributed by atoms with Gasteiger partial charge in [-0.3, -0.25) is 4.79 Å². The van der Waals surface area contributed by atoms with Gasteiger partial charge in [0.05, 0.1) is 47.5 Å². The van der Waals surface area contributed by atoms with Crippen LogP contribution in [0.5, 0.6) is 5.75 Å². The quantitative estimate of drug-likeness (QED) is 0.176. The number of fused-ring (bicyclic) bond motifs is 1. The number of hydrogen-bond acceptors (Lipinski definition) is 11. The van der Waals surface area contributed by atoms with Crippen molar-refractivity contribution in [2.75, 3.05) is 44.0 Å². The maximum atomic E-state index is 13.1. The molecule has 46 heavy (non-hydrogen) atoms. The van der Waals surface area contributed by atoms with Gasteiger partial charge < -0.3 is 30.7 Å². The molecular weight excluding hydrogens is 608 g/mol. The van der Waals surface area contributed by atoms with Gasteiger partial charge in [-0.2, -0.15) is 19.6 Å². The number of aliphatic hydroxyl groups is 1. The second kappa shape index (κ2) is 14.0. The van der Waals surface area contributed by atoms with Gasteiger partial charge in [0, 0.05) is 25.7 Å². The van der Waals surface area contributed by atoms with Gasteiger partial charge in [-0.15, -0.1) is 0 Å². The Morgan fingerprint density at radius 3 is 2.50 bits per heavy atom. The summed E-state index contributed by atoms with van der Waals surface area (Å²) >= 11 is 0. The number of nitrogens with one attached hydrogen (secondary N) is 3. The highest BCUT2D eigenvalue weighted by Gasteiger charge is 2.28. The topological polar surface area (TPSA) is 163 Å². The number of carbonyl (C=O) groups is 1. The standard InChI is InChI=1S/C32H42N8O5S/c1-20(2)46(43,44)28-9-7-6-8-25(28)36-32-38-31(37-29-10-13-34-40(29)32)35-26-18-21(3)24(19-27(26)45-5)23-11-15-39(16-12-23)30(42)22(4)33-14-17-41/h6-10,13,18-20,22-23,33,41H,11-12,14-17H2,1-5H3,(H2,35,36,37,38)/t22-/m0/s1. The Labute approximate surface area is 269 Å². The van der Waals surface area contributed by atoms with E-state index >= 15 is 0 Å². The van der Waals surface area contributed by atoms with Gasteiger partial charge in [-0.1, -0.05) is 12.1 Å². The maximum Gasteiger partial charge on any atom is 0.239 e. The van der Waals surface area contributed by atoms with E-state index < -0.39 is 15.1 Å². The van der Waals surface area contributed by atoms with Crippen molar-refractivity contribution in [3.05, 3.63) is 59.8 Å². The summed E-state index contributed by atoms with van der Waals surface area (Å²) in [4.78, 5) is 24.2. The van der Waals surface area contributed by atoms with Crippen LogP contribution >= 0.6 is 0 Å². The Balaban J connectivity index is 1.37. The average Bonchev–Trinajstić information content (AvgIpc) is 3.53. The van der Waals surface area contributed by atoms with Gasteiger partial charge in [0.25, 0.3) is 0 Å². The van der Waals surface area contributed by atoms with Gasteiger partial charge in [0.2, 0.25) is 17.8 Å².